The molecule has 1 fully saturated rings. The van der Waals surface area contributed by atoms with Crippen molar-refractivity contribution in [2.45, 2.75) is 25.3 Å². The minimum absolute atomic E-state index is 0.213. The second kappa shape index (κ2) is 7.37. The van der Waals surface area contributed by atoms with Crippen LogP contribution in [0, 0.1) is 0 Å². The van der Waals surface area contributed by atoms with Crippen LogP contribution in [-0.4, -0.2) is 37.6 Å². The van der Waals surface area contributed by atoms with Crippen LogP contribution in [0.25, 0.3) is 11.0 Å². The van der Waals surface area contributed by atoms with Crippen LogP contribution in [0.3, 0.4) is 0 Å². The number of nitrogens with zero attached hydrogens (tertiary/aromatic N) is 4. The van der Waals surface area contributed by atoms with Crippen LogP contribution in [0.2, 0.25) is 0 Å². The molecule has 33 heavy (non-hydrogen) atoms. The average Bonchev–Trinajstić information content (AvgIpc) is 3.58. The van der Waals surface area contributed by atoms with Crippen LogP contribution in [0.1, 0.15) is 61.1 Å². The van der Waals surface area contributed by atoms with E-state index < -0.39 is 17.8 Å². The van der Waals surface area contributed by atoms with E-state index in [0.717, 1.165) is 24.1 Å². The first kappa shape index (κ1) is 19.4. The highest BCUT2D eigenvalue weighted by atomic mass is 16.7. The summed E-state index contributed by atoms with van der Waals surface area (Å²) in [4.78, 5) is 48.5. The lowest BCUT2D eigenvalue weighted by Crippen LogP contribution is -2.32. The van der Waals surface area contributed by atoms with E-state index in [0.29, 0.717) is 22.6 Å². The largest absolute Gasteiger partial charge is 0.364 e. The molecule has 4 aromatic rings. The second-order valence-corrected chi connectivity index (χ2v) is 8.22. The third kappa shape index (κ3) is 3.27. The lowest BCUT2D eigenvalue weighted by molar-refractivity contribution is -0.0583. The smallest absolute Gasteiger partial charge is 0.324 e. The molecule has 1 aliphatic carbocycles. The highest BCUT2D eigenvalue weighted by Crippen LogP contribution is 2.40. The van der Waals surface area contributed by atoms with Gasteiger partial charge in [0.1, 0.15) is 0 Å². The predicted octanol–water partition coefficient (Wildman–Crippen LogP) is 3.73. The lowest BCUT2D eigenvalue weighted by Gasteiger charge is -2.14. The third-order valence-corrected chi connectivity index (χ3v) is 5.95. The highest BCUT2D eigenvalue weighted by Gasteiger charge is 2.39. The van der Waals surface area contributed by atoms with Gasteiger partial charge in [-0.2, -0.15) is 5.10 Å². The van der Waals surface area contributed by atoms with E-state index in [1.807, 2.05) is 30.3 Å². The van der Waals surface area contributed by atoms with E-state index in [1.54, 1.807) is 29.1 Å². The van der Waals surface area contributed by atoms with Gasteiger partial charge >= 0.3 is 5.97 Å². The number of hydroxylamine groups is 2. The zero-order valence-corrected chi connectivity index (χ0v) is 17.5. The molecule has 0 bridgehead atoms. The summed E-state index contributed by atoms with van der Waals surface area (Å²) in [5.74, 6) is -1.83. The Balaban J connectivity index is 1.36. The van der Waals surface area contributed by atoms with Crippen molar-refractivity contribution in [3.8, 4) is 0 Å². The molecule has 6 rings (SSSR count). The molecule has 8 nitrogen and oxygen atoms in total. The Morgan fingerprint density at radius 1 is 0.970 bits per heavy atom. The second-order valence-electron chi connectivity index (χ2n) is 8.22. The molecule has 0 N–H and O–H groups in total. The number of fused-ring (bicyclic) bond motifs is 2. The summed E-state index contributed by atoms with van der Waals surface area (Å²) in [6.45, 7) is 0.498. The number of carbonyl (C=O) groups excluding carboxylic acids is 3. The number of hydrogen-bond donors (Lipinski definition) is 0. The summed E-state index contributed by atoms with van der Waals surface area (Å²) < 4.78 is 1.75. The van der Waals surface area contributed by atoms with Crippen molar-refractivity contribution >= 4 is 28.8 Å². The average molecular weight is 438 g/mol. The van der Waals surface area contributed by atoms with Gasteiger partial charge in [-0.3, -0.25) is 9.59 Å². The van der Waals surface area contributed by atoms with E-state index in [-0.39, 0.29) is 22.6 Å². The molecule has 1 saturated carbocycles. The first-order valence-electron chi connectivity index (χ1n) is 10.7. The normalized spacial score (nSPS) is 15.2. The molecule has 2 amide bonds. The molecule has 0 saturated heterocycles. The predicted molar refractivity (Wildman–Crippen MR) is 117 cm³/mol. The first-order valence-corrected chi connectivity index (χ1v) is 10.7. The topological polar surface area (TPSA) is 94.4 Å². The molecule has 2 aromatic carbocycles. The summed E-state index contributed by atoms with van der Waals surface area (Å²) >= 11 is 0. The Bertz CT molecular complexity index is 1400. The molecule has 2 aliphatic rings. The van der Waals surface area contributed by atoms with E-state index >= 15 is 0 Å². The summed E-state index contributed by atoms with van der Waals surface area (Å²) in [6, 6.07) is 17.9. The summed E-state index contributed by atoms with van der Waals surface area (Å²) in [5, 5.41) is 5.49. The number of benzene rings is 2. The van der Waals surface area contributed by atoms with E-state index in [1.165, 1.54) is 12.1 Å². The number of pyridine rings is 1. The van der Waals surface area contributed by atoms with Gasteiger partial charge < -0.3 is 4.84 Å². The number of carbonyl (C=O) groups is 3. The van der Waals surface area contributed by atoms with Crippen molar-refractivity contribution in [1.82, 2.24) is 19.8 Å². The van der Waals surface area contributed by atoms with Crippen molar-refractivity contribution in [2.24, 2.45) is 0 Å². The van der Waals surface area contributed by atoms with Crippen molar-refractivity contribution in [2.75, 3.05) is 0 Å². The van der Waals surface area contributed by atoms with Gasteiger partial charge in [-0.15, -0.1) is 0 Å². The fraction of sp³-hybridized carbons (Fsp3) is 0.160. The molecule has 0 unspecified atom stereocenters. The van der Waals surface area contributed by atoms with Crippen molar-refractivity contribution in [1.29, 1.82) is 0 Å². The van der Waals surface area contributed by atoms with Gasteiger partial charge in [0.25, 0.3) is 11.8 Å². The van der Waals surface area contributed by atoms with Gasteiger partial charge in [0.2, 0.25) is 0 Å². The molecule has 2 aromatic heterocycles. The van der Waals surface area contributed by atoms with Gasteiger partial charge in [-0.25, -0.2) is 14.5 Å². The first-order chi connectivity index (χ1) is 16.1. The lowest BCUT2D eigenvalue weighted by atomic mass is 10.1. The number of hydrogen-bond acceptors (Lipinski definition) is 6. The summed E-state index contributed by atoms with van der Waals surface area (Å²) in [6.07, 6.45) is 3.57. The number of amides is 2. The number of aromatic nitrogens is 3. The van der Waals surface area contributed by atoms with Gasteiger partial charge in [0.15, 0.2) is 5.65 Å². The van der Waals surface area contributed by atoms with Crippen LogP contribution in [0.5, 0.6) is 0 Å². The Morgan fingerprint density at radius 2 is 1.64 bits per heavy atom. The van der Waals surface area contributed by atoms with Gasteiger partial charge in [0, 0.05) is 11.6 Å². The maximum absolute atomic E-state index is 13.2. The van der Waals surface area contributed by atoms with Crippen LogP contribution < -0.4 is 0 Å². The SMILES string of the molecule is O=C(ON1C(=O)c2ccccc2C1=O)c1cc(C2CC2)nc2c1cnn2Cc1ccccc1. The van der Waals surface area contributed by atoms with Crippen molar-refractivity contribution in [3.63, 3.8) is 0 Å². The molecule has 162 valence electrons. The minimum atomic E-state index is -0.793. The van der Waals surface area contributed by atoms with Crippen molar-refractivity contribution in [3.05, 3.63) is 94.8 Å². The molecule has 0 spiro atoms. The Hall–Kier alpha value is -4.33. The number of rotatable bonds is 5. The fourth-order valence-corrected chi connectivity index (χ4v) is 4.08. The standard InChI is InChI=1S/C25H18N4O4/c30-23-17-8-4-5-9-18(17)24(31)29(23)33-25(32)19-12-21(16-10-11-16)27-22-20(19)13-26-28(22)14-15-6-2-1-3-7-15/h1-9,12-13,16H,10-11,14H2. The van der Waals surface area contributed by atoms with E-state index in [2.05, 4.69) is 5.10 Å². The fourth-order valence-electron chi connectivity index (χ4n) is 4.08. The Labute approximate surface area is 188 Å². The molecular weight excluding hydrogens is 420 g/mol. The minimum Gasteiger partial charge on any atom is -0.324 e. The zero-order valence-electron chi connectivity index (χ0n) is 17.5. The monoisotopic (exact) mass is 438 g/mol. The van der Waals surface area contributed by atoms with Crippen molar-refractivity contribution < 1.29 is 19.2 Å². The van der Waals surface area contributed by atoms with Crippen LogP contribution in [-0.2, 0) is 11.4 Å². The van der Waals surface area contributed by atoms with Crippen LogP contribution in [0.15, 0.2) is 66.9 Å². The molecule has 0 radical (unpaired) electrons. The summed E-state index contributed by atoms with van der Waals surface area (Å²) in [5.41, 5.74) is 3.06. The van der Waals surface area contributed by atoms with Gasteiger partial charge in [-0.1, -0.05) is 47.5 Å². The van der Waals surface area contributed by atoms with Crippen LogP contribution >= 0.6 is 0 Å². The molecule has 1 aliphatic heterocycles. The molecule has 0 atom stereocenters. The Morgan fingerprint density at radius 3 is 2.30 bits per heavy atom. The quantitative estimate of drug-likeness (QED) is 0.441. The van der Waals surface area contributed by atoms with E-state index in [9.17, 15) is 14.4 Å². The third-order valence-electron chi connectivity index (χ3n) is 5.95. The molecular formula is C25H18N4O4. The Kier molecular flexibility index (Phi) is 4.33. The molecule has 3 heterocycles. The maximum Gasteiger partial charge on any atom is 0.364 e. The maximum atomic E-state index is 13.2. The van der Waals surface area contributed by atoms with E-state index in [4.69, 9.17) is 9.82 Å². The molecule has 8 heteroatoms. The highest BCUT2D eigenvalue weighted by molar-refractivity contribution is 6.21. The van der Waals surface area contributed by atoms with Gasteiger partial charge in [0.05, 0.1) is 34.8 Å². The number of imide groups is 1. The summed E-state index contributed by atoms with van der Waals surface area (Å²) in [7, 11) is 0. The zero-order chi connectivity index (χ0) is 22.5. The van der Waals surface area contributed by atoms with Gasteiger partial charge in [-0.05, 0) is 36.6 Å². The van der Waals surface area contributed by atoms with Crippen LogP contribution in [0.4, 0.5) is 0 Å².